The topological polar surface area (TPSA) is 46.0 Å². The molecule has 0 aliphatic rings. The molecule has 21 heavy (non-hydrogen) atoms. The molecule has 0 bridgehead atoms. The molecule has 0 saturated carbocycles. The van der Waals surface area contributed by atoms with Crippen molar-refractivity contribution in [1.82, 2.24) is 14.9 Å². The third kappa shape index (κ3) is 3.34. The van der Waals surface area contributed by atoms with Crippen LogP contribution < -0.4 is 0 Å². The molecule has 0 aliphatic heterocycles. The number of aromatic nitrogens is 3. The van der Waals surface area contributed by atoms with E-state index in [9.17, 15) is 0 Å². The summed E-state index contributed by atoms with van der Waals surface area (Å²) in [4.78, 5) is 2.42. The number of nitrogens with one attached hydrogen (secondary N) is 1. The van der Waals surface area contributed by atoms with E-state index < -0.39 is 0 Å². The minimum absolute atomic E-state index is 0.504. The number of hydrogen-bond acceptors (Lipinski definition) is 4. The number of aryl methyl sites for hydroxylation is 1. The van der Waals surface area contributed by atoms with E-state index in [1.165, 1.54) is 10.4 Å². The number of benzene rings is 1. The number of nitrogens with zero attached hydrogens (tertiary/aromatic N) is 3. The van der Waals surface area contributed by atoms with Gasteiger partial charge in [0.15, 0.2) is 0 Å². The third-order valence-electron chi connectivity index (χ3n) is 3.02. The zero-order valence-corrected chi connectivity index (χ0v) is 13.1. The fourth-order valence-electron chi connectivity index (χ4n) is 1.98. The molecule has 3 aromatic rings. The average Bonchev–Trinajstić information content (AvgIpc) is 3.06. The molecule has 0 spiro atoms. The Balaban J connectivity index is 1.75. The lowest BCUT2D eigenvalue weighted by molar-refractivity contribution is 0.821. The Hall–Kier alpha value is -2.05. The van der Waals surface area contributed by atoms with Crippen LogP contribution in [0.1, 0.15) is 21.1 Å². The van der Waals surface area contributed by atoms with Crippen molar-refractivity contribution in [3.8, 4) is 0 Å². The van der Waals surface area contributed by atoms with Crippen molar-refractivity contribution >= 4 is 29.8 Å². The first-order valence-corrected chi connectivity index (χ1v) is 7.76. The summed E-state index contributed by atoms with van der Waals surface area (Å²) in [6, 6.07) is 14.7. The molecule has 1 aromatic carbocycles. The van der Waals surface area contributed by atoms with E-state index in [0.717, 1.165) is 17.1 Å². The van der Waals surface area contributed by atoms with Gasteiger partial charge in [0.25, 0.3) is 0 Å². The fourth-order valence-corrected chi connectivity index (χ4v) is 3.12. The molecule has 4 nitrogen and oxygen atoms in total. The van der Waals surface area contributed by atoms with E-state index in [0.29, 0.717) is 4.77 Å². The van der Waals surface area contributed by atoms with Gasteiger partial charge < -0.3 is 0 Å². The van der Waals surface area contributed by atoms with E-state index >= 15 is 0 Å². The lowest BCUT2D eigenvalue weighted by Crippen LogP contribution is -1.92. The second-order valence-electron chi connectivity index (χ2n) is 4.60. The van der Waals surface area contributed by atoms with Gasteiger partial charge in [-0.25, -0.2) is 0 Å². The Morgan fingerprint density at radius 2 is 2.10 bits per heavy atom. The fraction of sp³-hybridized carbons (Fsp3) is 0.133. The summed E-state index contributed by atoms with van der Waals surface area (Å²) in [6.07, 6.45) is 2.76. The van der Waals surface area contributed by atoms with Crippen LogP contribution >= 0.6 is 23.6 Å². The first-order valence-electron chi connectivity index (χ1n) is 6.53. The van der Waals surface area contributed by atoms with Gasteiger partial charge in [0.1, 0.15) is 5.82 Å². The normalized spacial score (nSPS) is 11.3. The highest BCUT2D eigenvalue weighted by Crippen LogP contribution is 2.18. The van der Waals surface area contributed by atoms with Crippen LogP contribution in [0.2, 0.25) is 0 Å². The highest BCUT2D eigenvalue weighted by Gasteiger charge is 2.01. The smallest absolute Gasteiger partial charge is 0.216 e. The summed E-state index contributed by atoms with van der Waals surface area (Å²) in [7, 11) is 0. The number of rotatable bonds is 4. The zero-order chi connectivity index (χ0) is 14.7. The molecule has 106 valence electrons. The summed E-state index contributed by atoms with van der Waals surface area (Å²) >= 11 is 6.85. The average molecular weight is 314 g/mol. The van der Waals surface area contributed by atoms with Crippen molar-refractivity contribution < 1.29 is 0 Å². The van der Waals surface area contributed by atoms with Crippen LogP contribution in [0.4, 0.5) is 0 Å². The van der Waals surface area contributed by atoms with Crippen LogP contribution in [-0.2, 0) is 6.42 Å². The van der Waals surface area contributed by atoms with Crippen LogP contribution in [0.5, 0.6) is 0 Å². The van der Waals surface area contributed by atoms with Crippen molar-refractivity contribution in [2.24, 2.45) is 5.10 Å². The number of H-pyrrole nitrogens is 1. The number of hydrogen-bond donors (Lipinski definition) is 1. The third-order valence-corrected chi connectivity index (χ3v) is 4.30. The minimum atomic E-state index is 0.504. The molecule has 0 amide bonds. The van der Waals surface area contributed by atoms with Gasteiger partial charge in [-0.3, -0.25) is 5.10 Å². The van der Waals surface area contributed by atoms with Crippen LogP contribution in [0.25, 0.3) is 0 Å². The van der Waals surface area contributed by atoms with Crippen molar-refractivity contribution in [2.75, 3.05) is 0 Å². The maximum absolute atomic E-state index is 5.11. The molecule has 0 aliphatic carbocycles. The van der Waals surface area contributed by atoms with Gasteiger partial charge >= 0.3 is 0 Å². The minimum Gasteiger partial charge on any atom is -0.250 e. The summed E-state index contributed by atoms with van der Waals surface area (Å²) in [6.45, 7) is 1.86. The Labute approximate surface area is 131 Å². The maximum Gasteiger partial charge on any atom is 0.216 e. The summed E-state index contributed by atoms with van der Waals surface area (Å²) in [5.74, 6) is 0.748. The van der Waals surface area contributed by atoms with Crippen LogP contribution in [0.15, 0.2) is 47.6 Å². The summed E-state index contributed by atoms with van der Waals surface area (Å²) < 4.78 is 2.12. The first-order chi connectivity index (χ1) is 10.2. The molecular weight excluding hydrogens is 300 g/mol. The Morgan fingerprint density at radius 3 is 2.81 bits per heavy atom. The first kappa shape index (κ1) is 13.9. The van der Waals surface area contributed by atoms with Crippen LogP contribution in [-0.4, -0.2) is 21.1 Å². The molecule has 2 aromatic heterocycles. The lowest BCUT2D eigenvalue weighted by Gasteiger charge is -1.96. The Bertz CT molecular complexity index is 812. The molecule has 1 N–H and O–H groups in total. The van der Waals surface area contributed by atoms with Crippen molar-refractivity contribution in [2.45, 2.75) is 13.3 Å². The van der Waals surface area contributed by atoms with Crippen molar-refractivity contribution in [3.05, 3.63) is 68.4 Å². The van der Waals surface area contributed by atoms with Gasteiger partial charge in [-0.1, -0.05) is 30.3 Å². The predicted octanol–water partition coefficient (Wildman–Crippen LogP) is 3.78. The SMILES string of the molecule is Cc1n[nH]c(=S)n1/N=C/c1ccc(Cc2ccccc2)s1. The number of thiophene rings is 1. The molecule has 6 heteroatoms. The zero-order valence-electron chi connectivity index (χ0n) is 11.5. The molecule has 0 atom stereocenters. The Kier molecular flexibility index (Phi) is 4.08. The quantitative estimate of drug-likeness (QED) is 0.588. The molecule has 2 heterocycles. The standard InChI is InChI=1S/C15H14N4S2/c1-11-17-18-15(20)19(11)16-10-14-8-7-13(21-14)9-12-5-3-2-4-6-12/h2-8,10H,9H2,1H3,(H,18,20)/b16-10+. The van der Waals surface area contributed by atoms with Crippen LogP contribution in [0.3, 0.4) is 0 Å². The van der Waals surface area contributed by atoms with Crippen molar-refractivity contribution in [1.29, 1.82) is 0 Å². The van der Waals surface area contributed by atoms with Crippen molar-refractivity contribution in [3.63, 3.8) is 0 Å². The van der Waals surface area contributed by atoms with Gasteiger partial charge in [0.05, 0.1) is 6.21 Å². The van der Waals surface area contributed by atoms with Crippen LogP contribution in [0, 0.1) is 11.7 Å². The maximum atomic E-state index is 5.11. The second-order valence-corrected chi connectivity index (χ2v) is 6.19. The molecule has 3 rings (SSSR count). The predicted molar refractivity (Wildman–Crippen MR) is 88.7 cm³/mol. The van der Waals surface area contributed by atoms with Gasteiger partial charge in [-0.2, -0.15) is 14.9 Å². The lowest BCUT2D eigenvalue weighted by atomic mass is 10.1. The molecule has 0 radical (unpaired) electrons. The van der Waals surface area contributed by atoms with Gasteiger partial charge in [-0.15, -0.1) is 11.3 Å². The summed E-state index contributed by atoms with van der Waals surface area (Å²) in [5.41, 5.74) is 1.32. The molecule has 0 fully saturated rings. The second kappa shape index (κ2) is 6.15. The van der Waals surface area contributed by atoms with Gasteiger partial charge in [0.2, 0.25) is 4.77 Å². The van der Waals surface area contributed by atoms with E-state index in [1.54, 1.807) is 16.0 Å². The molecule has 0 unspecified atom stereocenters. The number of aromatic amines is 1. The van der Waals surface area contributed by atoms with E-state index in [4.69, 9.17) is 12.2 Å². The Morgan fingerprint density at radius 1 is 1.29 bits per heavy atom. The van der Waals surface area contributed by atoms with Gasteiger partial charge in [-0.05, 0) is 36.8 Å². The highest BCUT2D eigenvalue weighted by molar-refractivity contribution is 7.71. The molecule has 0 saturated heterocycles. The largest absolute Gasteiger partial charge is 0.250 e. The van der Waals surface area contributed by atoms with E-state index in [-0.39, 0.29) is 0 Å². The highest BCUT2D eigenvalue weighted by atomic mass is 32.1. The molecular formula is C15H14N4S2. The monoisotopic (exact) mass is 314 g/mol. The summed E-state index contributed by atoms with van der Waals surface area (Å²) in [5, 5.41) is 11.1. The van der Waals surface area contributed by atoms with E-state index in [2.05, 4.69) is 51.7 Å². The van der Waals surface area contributed by atoms with E-state index in [1.807, 2.05) is 19.2 Å². The van der Waals surface area contributed by atoms with Gasteiger partial charge in [0, 0.05) is 16.2 Å².